The molecule has 2 aromatic rings. The van der Waals surface area contributed by atoms with Crippen LogP contribution < -0.4 is 0 Å². The first-order chi connectivity index (χ1) is 14.8. The summed E-state index contributed by atoms with van der Waals surface area (Å²) in [5, 5.41) is 4.65. The van der Waals surface area contributed by atoms with E-state index in [0.717, 1.165) is 61.1 Å². The second-order valence-electron chi connectivity index (χ2n) is 9.16. The van der Waals surface area contributed by atoms with Gasteiger partial charge in [-0.25, -0.2) is 14.6 Å². The molecule has 0 aromatic carbocycles. The molecule has 2 aliphatic rings. The van der Waals surface area contributed by atoms with E-state index in [1.54, 1.807) is 4.68 Å². The summed E-state index contributed by atoms with van der Waals surface area (Å²) in [7, 11) is 2.21. The first-order valence-electron chi connectivity index (χ1n) is 11.4. The van der Waals surface area contributed by atoms with Gasteiger partial charge in [-0.05, 0) is 60.2 Å². The third-order valence-electron chi connectivity index (χ3n) is 6.71. The number of likely N-dealkylation sites (tertiary alicyclic amines) is 1. The molecule has 1 unspecified atom stereocenters. The molecule has 0 spiro atoms. The van der Waals surface area contributed by atoms with E-state index in [-0.39, 0.29) is 5.91 Å². The molecule has 0 bridgehead atoms. The molecule has 8 nitrogen and oxygen atoms in total. The molecule has 8 heteroatoms. The number of hydrogen-bond acceptors (Lipinski definition) is 6. The lowest BCUT2D eigenvalue weighted by Crippen LogP contribution is -2.55. The molecule has 0 aliphatic carbocycles. The number of amides is 1. The maximum Gasteiger partial charge on any atom is 0.251 e. The van der Waals surface area contributed by atoms with Crippen molar-refractivity contribution < 1.29 is 4.79 Å². The van der Waals surface area contributed by atoms with Crippen LogP contribution in [0.25, 0.3) is 5.95 Å². The Morgan fingerprint density at radius 3 is 2.35 bits per heavy atom. The molecule has 2 saturated heterocycles. The van der Waals surface area contributed by atoms with Gasteiger partial charge >= 0.3 is 0 Å². The average Bonchev–Trinajstić information content (AvgIpc) is 3.01. The van der Waals surface area contributed by atoms with Gasteiger partial charge in [-0.15, -0.1) is 0 Å². The van der Waals surface area contributed by atoms with Crippen molar-refractivity contribution in [2.24, 2.45) is 0 Å². The van der Waals surface area contributed by atoms with Gasteiger partial charge in [-0.2, -0.15) is 5.10 Å². The van der Waals surface area contributed by atoms with Crippen molar-refractivity contribution in [3.63, 3.8) is 0 Å². The van der Waals surface area contributed by atoms with Crippen LogP contribution in [-0.2, 0) is 11.2 Å². The average molecular weight is 426 g/mol. The van der Waals surface area contributed by atoms with Crippen molar-refractivity contribution >= 4 is 5.91 Å². The van der Waals surface area contributed by atoms with E-state index in [9.17, 15) is 4.79 Å². The normalized spacial score (nSPS) is 20.9. The van der Waals surface area contributed by atoms with Gasteiger partial charge in [0.1, 0.15) is 0 Å². The minimum Gasteiger partial charge on any atom is -0.340 e. The number of rotatable bonds is 4. The summed E-state index contributed by atoms with van der Waals surface area (Å²) in [5.74, 6) is 0.760. The number of nitrogens with zero attached hydrogens (tertiary/aromatic N) is 7. The van der Waals surface area contributed by atoms with Crippen LogP contribution >= 0.6 is 0 Å². The first-order valence-corrected chi connectivity index (χ1v) is 11.4. The number of likely N-dealkylation sites (N-methyl/N-ethyl adjacent to an activating group) is 1. The van der Waals surface area contributed by atoms with E-state index in [2.05, 4.69) is 31.9 Å². The smallest absolute Gasteiger partial charge is 0.251 e. The molecule has 2 aromatic heterocycles. The topological polar surface area (TPSA) is 70.4 Å². The van der Waals surface area contributed by atoms with Crippen LogP contribution in [0.3, 0.4) is 0 Å². The van der Waals surface area contributed by atoms with E-state index in [1.807, 2.05) is 38.7 Å². The van der Waals surface area contributed by atoms with Crippen molar-refractivity contribution in [1.29, 1.82) is 0 Å². The Bertz CT molecular complexity index is 925. The zero-order valence-corrected chi connectivity index (χ0v) is 19.6. The fraction of sp³-hybridized carbons (Fsp3) is 0.652. The number of aromatic nitrogens is 4. The third kappa shape index (κ3) is 4.80. The Hall–Kier alpha value is -2.32. The number of piperazine rings is 1. The maximum atomic E-state index is 13.1. The van der Waals surface area contributed by atoms with Gasteiger partial charge in [0.15, 0.2) is 0 Å². The summed E-state index contributed by atoms with van der Waals surface area (Å²) in [4.78, 5) is 29.2. The summed E-state index contributed by atoms with van der Waals surface area (Å²) >= 11 is 0. The molecule has 4 heterocycles. The zero-order chi connectivity index (χ0) is 22.1. The number of piperidine rings is 1. The van der Waals surface area contributed by atoms with Gasteiger partial charge in [0, 0.05) is 61.4 Å². The minimum absolute atomic E-state index is 0.188. The van der Waals surface area contributed by atoms with Crippen LogP contribution in [0.1, 0.15) is 41.2 Å². The Morgan fingerprint density at radius 1 is 1.03 bits per heavy atom. The van der Waals surface area contributed by atoms with Gasteiger partial charge in [0.2, 0.25) is 5.91 Å². The Kier molecular flexibility index (Phi) is 6.39. The lowest BCUT2D eigenvalue weighted by Gasteiger charge is -2.42. The van der Waals surface area contributed by atoms with Gasteiger partial charge < -0.3 is 9.80 Å². The number of carbonyl (C=O) groups excluding carboxylic acids is 1. The maximum absolute atomic E-state index is 13.1. The SMILES string of the molecule is Cc1cc(C)nc(-n2nc(C)c(CC(=O)N3CCN(C4CCCN(C)C4)CC3)c2C)n1. The summed E-state index contributed by atoms with van der Waals surface area (Å²) in [6.45, 7) is 13.8. The van der Waals surface area contributed by atoms with Crippen LogP contribution in [0.4, 0.5) is 0 Å². The van der Waals surface area contributed by atoms with Crippen molar-refractivity contribution in [2.75, 3.05) is 46.3 Å². The van der Waals surface area contributed by atoms with E-state index in [0.29, 0.717) is 18.4 Å². The van der Waals surface area contributed by atoms with E-state index in [4.69, 9.17) is 0 Å². The molecule has 0 radical (unpaired) electrons. The summed E-state index contributed by atoms with van der Waals surface area (Å²) in [6, 6.07) is 2.58. The van der Waals surface area contributed by atoms with E-state index >= 15 is 0 Å². The van der Waals surface area contributed by atoms with Crippen LogP contribution in [0.2, 0.25) is 0 Å². The molecule has 31 heavy (non-hydrogen) atoms. The summed E-state index contributed by atoms with van der Waals surface area (Å²) in [6.07, 6.45) is 2.93. The summed E-state index contributed by atoms with van der Waals surface area (Å²) in [5.41, 5.74) is 4.63. The number of aryl methyl sites for hydroxylation is 3. The number of hydrogen-bond donors (Lipinski definition) is 0. The second-order valence-corrected chi connectivity index (χ2v) is 9.16. The molecule has 4 rings (SSSR count). The molecule has 2 fully saturated rings. The predicted molar refractivity (Wildman–Crippen MR) is 120 cm³/mol. The highest BCUT2D eigenvalue weighted by atomic mass is 16.2. The predicted octanol–water partition coefficient (Wildman–Crippen LogP) is 1.68. The molecule has 0 N–H and O–H groups in total. The number of carbonyl (C=O) groups is 1. The van der Waals surface area contributed by atoms with Crippen LogP contribution in [-0.4, -0.2) is 92.7 Å². The first kappa shape index (κ1) is 21.9. The van der Waals surface area contributed by atoms with Crippen LogP contribution in [0.15, 0.2) is 6.07 Å². The Morgan fingerprint density at radius 2 is 1.71 bits per heavy atom. The van der Waals surface area contributed by atoms with Gasteiger partial charge in [0.25, 0.3) is 5.95 Å². The largest absolute Gasteiger partial charge is 0.340 e. The van der Waals surface area contributed by atoms with Crippen molar-refractivity contribution in [3.05, 3.63) is 34.4 Å². The lowest BCUT2D eigenvalue weighted by molar-refractivity contribution is -0.132. The molecular formula is C23H35N7O. The van der Waals surface area contributed by atoms with Gasteiger partial charge in [0.05, 0.1) is 12.1 Å². The lowest BCUT2D eigenvalue weighted by atomic mass is 10.0. The highest BCUT2D eigenvalue weighted by Gasteiger charge is 2.29. The van der Waals surface area contributed by atoms with Crippen LogP contribution in [0, 0.1) is 27.7 Å². The van der Waals surface area contributed by atoms with Crippen molar-refractivity contribution in [2.45, 2.75) is 53.0 Å². The molecule has 0 saturated carbocycles. The van der Waals surface area contributed by atoms with E-state index in [1.165, 1.54) is 19.4 Å². The highest BCUT2D eigenvalue weighted by Crippen LogP contribution is 2.20. The highest BCUT2D eigenvalue weighted by molar-refractivity contribution is 5.79. The second kappa shape index (κ2) is 9.04. The van der Waals surface area contributed by atoms with Crippen molar-refractivity contribution in [3.8, 4) is 5.95 Å². The van der Waals surface area contributed by atoms with Crippen LogP contribution in [0.5, 0.6) is 0 Å². The standard InChI is InChI=1S/C23H35N7O/c1-16-13-17(2)25-23(24-16)30-19(4)21(18(3)26-30)14-22(31)29-11-9-28(10-12-29)20-7-6-8-27(5)15-20/h13,20H,6-12,14-15H2,1-5H3. The summed E-state index contributed by atoms with van der Waals surface area (Å²) < 4.78 is 1.77. The third-order valence-corrected chi connectivity index (χ3v) is 6.71. The molecular weight excluding hydrogens is 390 g/mol. The van der Waals surface area contributed by atoms with Gasteiger partial charge in [-0.3, -0.25) is 9.69 Å². The zero-order valence-electron chi connectivity index (χ0n) is 19.6. The molecule has 1 atom stereocenters. The fourth-order valence-electron chi connectivity index (χ4n) is 4.96. The quantitative estimate of drug-likeness (QED) is 0.742. The Balaban J connectivity index is 1.41. The van der Waals surface area contributed by atoms with Gasteiger partial charge in [-0.1, -0.05) is 0 Å². The fourth-order valence-corrected chi connectivity index (χ4v) is 4.96. The monoisotopic (exact) mass is 425 g/mol. The minimum atomic E-state index is 0.188. The Labute approximate surface area is 185 Å². The van der Waals surface area contributed by atoms with E-state index < -0.39 is 0 Å². The molecule has 2 aliphatic heterocycles. The molecule has 168 valence electrons. The van der Waals surface area contributed by atoms with Crippen molar-refractivity contribution in [1.82, 2.24) is 34.4 Å². The molecule has 1 amide bonds.